The molecule has 1 rings (SSSR count). The SMILES string of the molecule is COC(=O)c1ccc(C(O)C(O)CC(=O)O)cc1N. The number of aliphatic carboxylic acids is 1. The summed E-state index contributed by atoms with van der Waals surface area (Å²) in [6.07, 6.45) is -3.45. The Kier molecular flexibility index (Phi) is 4.85. The molecule has 5 N–H and O–H groups in total. The molecule has 0 fully saturated rings. The highest BCUT2D eigenvalue weighted by molar-refractivity contribution is 5.95. The lowest BCUT2D eigenvalue weighted by molar-refractivity contribution is -0.141. The number of ether oxygens (including phenoxy) is 1. The largest absolute Gasteiger partial charge is 0.481 e. The average molecular weight is 269 g/mol. The normalized spacial score (nSPS) is 13.6. The number of carboxylic acid groups (broad SMARTS) is 1. The van der Waals surface area contributed by atoms with Crippen LogP contribution in [-0.2, 0) is 9.53 Å². The van der Waals surface area contributed by atoms with E-state index in [0.29, 0.717) is 0 Å². The summed E-state index contributed by atoms with van der Waals surface area (Å²) in [5, 5.41) is 27.8. The minimum atomic E-state index is -1.46. The Bertz CT molecular complexity index is 487. The van der Waals surface area contributed by atoms with E-state index in [-0.39, 0.29) is 16.8 Å². The maximum atomic E-state index is 11.3. The second-order valence-corrected chi connectivity index (χ2v) is 3.95. The molecule has 0 saturated heterocycles. The molecule has 104 valence electrons. The van der Waals surface area contributed by atoms with Crippen LogP contribution in [0.2, 0.25) is 0 Å². The van der Waals surface area contributed by atoms with Crippen molar-refractivity contribution in [3.8, 4) is 0 Å². The van der Waals surface area contributed by atoms with E-state index in [9.17, 15) is 19.8 Å². The molecular formula is C12H15NO6. The highest BCUT2D eigenvalue weighted by Gasteiger charge is 2.22. The molecule has 1 aromatic rings. The summed E-state index contributed by atoms with van der Waals surface area (Å²) in [5.41, 5.74) is 6.05. The molecule has 2 atom stereocenters. The Balaban J connectivity index is 2.94. The van der Waals surface area contributed by atoms with Crippen molar-refractivity contribution in [2.24, 2.45) is 0 Å². The van der Waals surface area contributed by atoms with Crippen molar-refractivity contribution in [1.82, 2.24) is 0 Å². The third kappa shape index (κ3) is 3.67. The first-order valence-electron chi connectivity index (χ1n) is 5.42. The van der Waals surface area contributed by atoms with Gasteiger partial charge in [0.1, 0.15) is 6.10 Å². The van der Waals surface area contributed by atoms with E-state index < -0.39 is 30.6 Å². The number of aliphatic hydroxyl groups is 2. The summed E-state index contributed by atoms with van der Waals surface area (Å²) in [6.45, 7) is 0. The van der Waals surface area contributed by atoms with E-state index in [0.717, 1.165) is 0 Å². The number of hydrogen-bond acceptors (Lipinski definition) is 6. The molecule has 0 aliphatic rings. The standard InChI is InChI=1S/C12H15NO6/c1-19-12(18)7-3-2-6(4-8(7)13)11(17)9(14)5-10(15)16/h2-4,9,11,14,17H,5,13H2,1H3,(H,15,16). The molecule has 19 heavy (non-hydrogen) atoms. The third-order valence-corrected chi connectivity index (χ3v) is 2.57. The molecule has 0 heterocycles. The zero-order valence-electron chi connectivity index (χ0n) is 10.2. The van der Waals surface area contributed by atoms with Gasteiger partial charge in [0.2, 0.25) is 0 Å². The molecule has 0 aliphatic carbocycles. The van der Waals surface area contributed by atoms with Crippen LogP contribution in [-0.4, -0.2) is 40.5 Å². The van der Waals surface area contributed by atoms with Gasteiger partial charge in [-0.1, -0.05) is 6.07 Å². The molecule has 0 bridgehead atoms. The number of anilines is 1. The lowest BCUT2D eigenvalue weighted by Crippen LogP contribution is -2.22. The number of carboxylic acids is 1. The third-order valence-electron chi connectivity index (χ3n) is 2.57. The van der Waals surface area contributed by atoms with E-state index in [1.54, 1.807) is 0 Å². The number of aliphatic hydroxyl groups excluding tert-OH is 2. The molecule has 0 aromatic heterocycles. The van der Waals surface area contributed by atoms with Gasteiger partial charge in [-0.2, -0.15) is 0 Å². The highest BCUT2D eigenvalue weighted by atomic mass is 16.5. The predicted molar refractivity (Wildman–Crippen MR) is 65.4 cm³/mol. The summed E-state index contributed by atoms with van der Waals surface area (Å²) >= 11 is 0. The van der Waals surface area contributed by atoms with Crippen molar-refractivity contribution in [3.63, 3.8) is 0 Å². The molecule has 2 unspecified atom stereocenters. The predicted octanol–water partition coefficient (Wildman–Crippen LogP) is -0.0756. The summed E-state index contributed by atoms with van der Waals surface area (Å²) in [7, 11) is 1.21. The van der Waals surface area contributed by atoms with Crippen molar-refractivity contribution in [1.29, 1.82) is 0 Å². The first kappa shape index (κ1) is 14.9. The van der Waals surface area contributed by atoms with Crippen LogP contribution in [0.25, 0.3) is 0 Å². The second-order valence-electron chi connectivity index (χ2n) is 3.95. The Morgan fingerprint density at radius 2 is 2.00 bits per heavy atom. The molecule has 7 heteroatoms. The zero-order chi connectivity index (χ0) is 14.6. The lowest BCUT2D eigenvalue weighted by Gasteiger charge is -2.17. The molecule has 0 radical (unpaired) electrons. The Hall–Kier alpha value is -2.12. The van der Waals surface area contributed by atoms with Gasteiger partial charge in [0.05, 0.1) is 25.2 Å². The van der Waals surface area contributed by atoms with Crippen LogP contribution < -0.4 is 5.73 Å². The minimum Gasteiger partial charge on any atom is -0.481 e. The first-order valence-corrected chi connectivity index (χ1v) is 5.42. The van der Waals surface area contributed by atoms with Gasteiger partial charge < -0.3 is 25.8 Å². The van der Waals surface area contributed by atoms with E-state index in [4.69, 9.17) is 10.8 Å². The van der Waals surface area contributed by atoms with E-state index in [1.165, 1.54) is 25.3 Å². The van der Waals surface area contributed by atoms with Crippen LogP contribution in [0.4, 0.5) is 5.69 Å². The van der Waals surface area contributed by atoms with E-state index in [2.05, 4.69) is 4.74 Å². The van der Waals surface area contributed by atoms with Gasteiger partial charge in [0.25, 0.3) is 0 Å². The van der Waals surface area contributed by atoms with Gasteiger partial charge in [-0.05, 0) is 17.7 Å². The number of methoxy groups -OCH3 is 1. The molecule has 1 aromatic carbocycles. The van der Waals surface area contributed by atoms with Crippen molar-refractivity contribution in [2.75, 3.05) is 12.8 Å². The maximum absolute atomic E-state index is 11.3. The van der Waals surface area contributed by atoms with Gasteiger partial charge >= 0.3 is 11.9 Å². The van der Waals surface area contributed by atoms with E-state index in [1.807, 2.05) is 0 Å². The van der Waals surface area contributed by atoms with Crippen LogP contribution in [0.3, 0.4) is 0 Å². The van der Waals surface area contributed by atoms with Crippen LogP contribution in [0.1, 0.15) is 28.4 Å². The van der Waals surface area contributed by atoms with Crippen molar-refractivity contribution in [2.45, 2.75) is 18.6 Å². The molecule has 0 amide bonds. The van der Waals surface area contributed by atoms with Crippen molar-refractivity contribution >= 4 is 17.6 Å². The number of nitrogens with two attached hydrogens (primary N) is 1. The summed E-state index contributed by atoms with van der Waals surface area (Å²) in [6, 6.07) is 4.01. The first-order chi connectivity index (χ1) is 8.86. The fourth-order valence-corrected chi connectivity index (χ4v) is 1.57. The number of carbonyl (C=O) groups excluding carboxylic acids is 1. The number of esters is 1. The Morgan fingerprint density at radius 3 is 2.47 bits per heavy atom. The van der Waals surface area contributed by atoms with Crippen molar-refractivity contribution in [3.05, 3.63) is 29.3 Å². The number of nitrogen functional groups attached to an aromatic ring is 1. The van der Waals surface area contributed by atoms with Crippen molar-refractivity contribution < 1.29 is 29.6 Å². The Labute approximate surface area is 109 Å². The monoisotopic (exact) mass is 269 g/mol. The van der Waals surface area contributed by atoms with Gasteiger partial charge in [-0.25, -0.2) is 4.79 Å². The molecule has 0 saturated carbocycles. The van der Waals surface area contributed by atoms with E-state index >= 15 is 0 Å². The maximum Gasteiger partial charge on any atom is 0.339 e. The zero-order valence-corrected chi connectivity index (χ0v) is 10.2. The molecule has 0 aliphatic heterocycles. The van der Waals surface area contributed by atoms with Crippen LogP contribution in [0.5, 0.6) is 0 Å². The quantitative estimate of drug-likeness (QED) is 0.434. The van der Waals surface area contributed by atoms with Gasteiger partial charge in [0.15, 0.2) is 0 Å². The smallest absolute Gasteiger partial charge is 0.339 e. The number of benzene rings is 1. The Morgan fingerprint density at radius 1 is 1.37 bits per heavy atom. The fourth-order valence-electron chi connectivity index (χ4n) is 1.57. The van der Waals surface area contributed by atoms with Gasteiger partial charge in [0, 0.05) is 5.69 Å². The summed E-state index contributed by atoms with van der Waals surface area (Å²) < 4.78 is 4.51. The minimum absolute atomic E-state index is 0.0749. The second kappa shape index (κ2) is 6.17. The number of carbonyl (C=O) groups is 2. The molecular weight excluding hydrogens is 254 g/mol. The summed E-state index contributed by atoms with van der Waals surface area (Å²) in [5.74, 6) is -1.85. The van der Waals surface area contributed by atoms with Gasteiger partial charge in [-0.3, -0.25) is 4.79 Å². The average Bonchev–Trinajstić information content (AvgIpc) is 2.36. The fraction of sp³-hybridized carbons (Fsp3) is 0.333. The van der Waals surface area contributed by atoms with Crippen LogP contribution in [0.15, 0.2) is 18.2 Å². The summed E-state index contributed by atoms with van der Waals surface area (Å²) in [4.78, 5) is 21.7. The van der Waals surface area contributed by atoms with Crippen LogP contribution in [0, 0.1) is 0 Å². The lowest BCUT2D eigenvalue weighted by atomic mass is 9.99. The van der Waals surface area contributed by atoms with Gasteiger partial charge in [-0.15, -0.1) is 0 Å². The molecule has 7 nitrogen and oxygen atoms in total. The number of rotatable bonds is 5. The highest BCUT2D eigenvalue weighted by Crippen LogP contribution is 2.23. The molecule has 0 spiro atoms. The van der Waals surface area contributed by atoms with Crippen LogP contribution >= 0.6 is 0 Å². The number of hydrogen-bond donors (Lipinski definition) is 4. The topological polar surface area (TPSA) is 130 Å².